The van der Waals surface area contributed by atoms with Gasteiger partial charge in [0.25, 0.3) is 0 Å². The fraction of sp³-hybridized carbons (Fsp3) is 0.0484. The van der Waals surface area contributed by atoms with Crippen molar-refractivity contribution in [3.8, 4) is 67.4 Å². The van der Waals surface area contributed by atoms with Crippen LogP contribution in [0.5, 0.6) is 0 Å². The van der Waals surface area contributed by atoms with Gasteiger partial charge in [-0.3, -0.25) is 22.6 Å². The summed E-state index contributed by atoms with van der Waals surface area (Å²) in [4.78, 5) is 47.8. The lowest BCUT2D eigenvalue weighted by molar-refractivity contribution is 1.04. The number of rotatable bonds is 6. The molecule has 0 unspecified atom stereocenters. The van der Waals surface area contributed by atoms with E-state index >= 15 is 0 Å². The SMILES string of the molecule is Cc1cc(-c2ccc(-c3ccccc3)cc2)c2ccccc2n1.Cc1ccc(-c2nc3ccccc3c3nc4ccccc4n23)cc1.Cc1ccc2c3c4ccccc4ccc3c3nc4ccccc4n3c2c1.Cc1cccc(-c2nc3ccccc3c3nc4ccccc4n23)c1.Cc1nc(-c2ccc(-c3ccccc3)cc2)c2ccccc2n1.Cc1nc2ccccc2c2nc3ccccc3n12. The Hall–Kier alpha value is -18.1. The van der Waals surface area contributed by atoms with Gasteiger partial charge in [-0.05, 0) is 213 Å². The Kier molecular flexibility index (Phi) is 22.0. The van der Waals surface area contributed by atoms with Crippen LogP contribution in [0.1, 0.15) is 34.0 Å². The van der Waals surface area contributed by atoms with Crippen LogP contribution < -0.4 is 0 Å². The summed E-state index contributed by atoms with van der Waals surface area (Å²) >= 11 is 0. The van der Waals surface area contributed by atoms with E-state index in [4.69, 9.17) is 29.9 Å². The molecule has 0 radical (unpaired) electrons. The largest absolute Gasteiger partial charge is 0.292 e. The van der Waals surface area contributed by atoms with Gasteiger partial charge >= 0.3 is 0 Å². The van der Waals surface area contributed by atoms with Gasteiger partial charge in [0.1, 0.15) is 45.9 Å². The average Bonchev–Trinajstić information content (AvgIpc) is 1.06. The Morgan fingerprint density at radius 3 is 1.09 bits per heavy atom. The fourth-order valence-electron chi connectivity index (χ4n) is 19.2. The summed E-state index contributed by atoms with van der Waals surface area (Å²) in [5.41, 5.74) is 35.1. The van der Waals surface area contributed by atoms with E-state index in [0.29, 0.717) is 0 Å². The Morgan fingerprint density at radius 2 is 0.551 bits per heavy atom. The third-order valence-electron chi connectivity index (χ3n) is 25.7. The Balaban J connectivity index is 0.0000000930. The maximum atomic E-state index is 4.99. The molecular formula is C124H90N14. The molecule has 14 heteroatoms. The van der Waals surface area contributed by atoms with Crippen LogP contribution in [0.2, 0.25) is 0 Å². The molecule has 0 fully saturated rings. The van der Waals surface area contributed by atoms with Crippen LogP contribution in [0, 0.1) is 41.5 Å². The summed E-state index contributed by atoms with van der Waals surface area (Å²) < 4.78 is 8.78. The van der Waals surface area contributed by atoms with E-state index in [1.165, 1.54) is 87.9 Å². The lowest BCUT2D eigenvalue weighted by atomic mass is 9.97. The van der Waals surface area contributed by atoms with E-state index in [-0.39, 0.29) is 0 Å². The molecule has 0 N–H and O–H groups in total. The van der Waals surface area contributed by atoms with Crippen molar-refractivity contribution in [2.75, 3.05) is 0 Å². The Bertz CT molecular complexity index is 9380. The molecule has 14 nitrogen and oxygen atoms in total. The van der Waals surface area contributed by atoms with E-state index in [0.717, 1.165) is 167 Å². The predicted molar refractivity (Wildman–Crippen MR) is 572 cm³/mol. The van der Waals surface area contributed by atoms with Crippen molar-refractivity contribution in [1.29, 1.82) is 0 Å². The number of benzene rings is 18. The highest BCUT2D eigenvalue weighted by Gasteiger charge is 2.21. The molecule has 0 spiro atoms. The lowest BCUT2D eigenvalue weighted by Gasteiger charge is -2.12. The number of aromatic nitrogens is 14. The van der Waals surface area contributed by atoms with Crippen molar-refractivity contribution in [3.05, 3.63) is 471 Å². The number of fused-ring (bicyclic) bond motifs is 27. The molecule has 0 atom stereocenters. The molecule has 0 saturated heterocycles. The zero-order valence-corrected chi connectivity index (χ0v) is 76.8. The van der Waals surface area contributed by atoms with E-state index < -0.39 is 0 Å². The fourth-order valence-corrected chi connectivity index (χ4v) is 19.2. The number of hydrogen-bond donors (Lipinski definition) is 0. The summed E-state index contributed by atoms with van der Waals surface area (Å²) in [6.07, 6.45) is 0. The van der Waals surface area contributed by atoms with E-state index in [1.807, 2.05) is 154 Å². The second-order valence-electron chi connectivity index (χ2n) is 34.9. The van der Waals surface area contributed by atoms with Crippen LogP contribution in [-0.4, -0.2) is 67.4 Å². The normalized spacial score (nSPS) is 11.4. The van der Waals surface area contributed by atoms with E-state index in [1.54, 1.807) is 0 Å². The van der Waals surface area contributed by atoms with Gasteiger partial charge in [0.2, 0.25) is 0 Å². The molecule has 138 heavy (non-hydrogen) atoms. The van der Waals surface area contributed by atoms with Crippen molar-refractivity contribution >= 4 is 154 Å². The summed E-state index contributed by atoms with van der Waals surface area (Å²) in [6.45, 7) is 12.4. The molecule has 0 saturated carbocycles. The summed E-state index contributed by atoms with van der Waals surface area (Å²) in [5, 5.41) is 11.9. The zero-order chi connectivity index (χ0) is 92.9. The van der Waals surface area contributed by atoms with Gasteiger partial charge in [-0.2, -0.15) is 0 Å². The van der Waals surface area contributed by atoms with Crippen LogP contribution in [0.3, 0.4) is 0 Å². The van der Waals surface area contributed by atoms with E-state index in [2.05, 4.69) is 362 Å². The second kappa shape index (κ2) is 36.1. The number of aryl methyl sites for hydroxylation is 6. The average molecular weight is 1780 g/mol. The number of nitrogens with zero attached hydrogens (tertiary/aromatic N) is 14. The topological polar surface area (TPSA) is 147 Å². The maximum Gasteiger partial charge on any atom is 0.149 e. The number of para-hydroxylation sites is 13. The number of imidazole rings is 4. The summed E-state index contributed by atoms with van der Waals surface area (Å²) in [7, 11) is 0. The summed E-state index contributed by atoms with van der Waals surface area (Å²) in [5.74, 6) is 3.63. The third kappa shape index (κ3) is 15.9. The first-order valence-electron chi connectivity index (χ1n) is 46.5. The molecular weight excluding hydrogens is 1690 g/mol. The second-order valence-corrected chi connectivity index (χ2v) is 34.9. The standard InChI is InChI=1S/C24H16N2.C22H17N.2C21H15N3.C21H16N2.C15H11N3/c1-15-10-12-18-22(14-15)26-21-9-5-4-8-20(21)25-24(26)19-13-11-16-6-2-3-7-17(16)23(18)19;1-16-15-21(20-9-5-6-10-22(20)23-16)19-13-11-18(12-14-19)17-7-3-2-4-8-17;1-14-7-6-8-15(13-14)20-22-17-10-3-2-9-16(17)21-23-18-11-4-5-12-19(18)24(20)21;1-14-10-12-15(13-11-14)20-22-17-7-3-2-6-16(17)21-23-18-8-4-5-9-19(18)24(20)21;1-15-22-20-10-6-5-9-19(20)21(23-15)18-13-11-17(12-14-18)16-7-3-2-4-8-16;1-10-16-12-7-3-2-6-11(12)15-17-13-8-4-5-9-14(13)18(10)15/h2-14H,1H3;2-15H,1H3;2*2-13H,1H3;2-14H,1H3;2-9H,1H3. The zero-order valence-electron chi connectivity index (χ0n) is 76.8. The van der Waals surface area contributed by atoms with Crippen molar-refractivity contribution in [1.82, 2.24) is 67.4 Å². The summed E-state index contributed by atoms with van der Waals surface area (Å²) in [6, 6.07) is 151. The lowest BCUT2D eigenvalue weighted by Crippen LogP contribution is -1.98. The van der Waals surface area contributed by atoms with Gasteiger partial charge in [0.15, 0.2) is 0 Å². The molecule has 656 valence electrons. The molecule has 0 bridgehead atoms. The molecule has 0 aliphatic rings. The van der Waals surface area contributed by atoms with E-state index in [9.17, 15) is 0 Å². The van der Waals surface area contributed by atoms with Crippen molar-refractivity contribution in [2.24, 2.45) is 0 Å². The van der Waals surface area contributed by atoms with Gasteiger partial charge in [0, 0.05) is 65.5 Å². The highest BCUT2D eigenvalue weighted by molar-refractivity contribution is 6.24. The molecule has 28 rings (SSSR count). The first kappa shape index (κ1) is 84.1. The monoisotopic (exact) mass is 1770 g/mol. The van der Waals surface area contributed by atoms with Crippen LogP contribution in [0.4, 0.5) is 0 Å². The molecule has 0 aliphatic heterocycles. The van der Waals surface area contributed by atoms with Crippen LogP contribution in [-0.2, 0) is 0 Å². The van der Waals surface area contributed by atoms with Gasteiger partial charge < -0.3 is 0 Å². The van der Waals surface area contributed by atoms with Crippen LogP contribution in [0.15, 0.2) is 437 Å². The minimum absolute atomic E-state index is 0.797. The van der Waals surface area contributed by atoms with Gasteiger partial charge in [-0.15, -0.1) is 0 Å². The molecule has 0 aliphatic carbocycles. The Labute approximate surface area is 795 Å². The first-order valence-corrected chi connectivity index (χ1v) is 46.5. The van der Waals surface area contributed by atoms with Crippen molar-refractivity contribution < 1.29 is 0 Å². The number of pyridine rings is 2. The minimum Gasteiger partial charge on any atom is -0.292 e. The molecule has 0 amide bonds. The minimum atomic E-state index is 0.797. The number of hydrogen-bond acceptors (Lipinski definition) is 10. The predicted octanol–water partition coefficient (Wildman–Crippen LogP) is 30.8. The van der Waals surface area contributed by atoms with Crippen molar-refractivity contribution in [3.63, 3.8) is 0 Å². The van der Waals surface area contributed by atoms with Crippen LogP contribution >= 0.6 is 0 Å². The molecule has 28 aromatic rings. The smallest absolute Gasteiger partial charge is 0.149 e. The molecule has 10 aromatic heterocycles. The van der Waals surface area contributed by atoms with Crippen LogP contribution in [0.25, 0.3) is 221 Å². The molecule has 10 heterocycles. The third-order valence-corrected chi connectivity index (χ3v) is 25.7. The van der Waals surface area contributed by atoms with Crippen molar-refractivity contribution in [2.45, 2.75) is 41.5 Å². The van der Waals surface area contributed by atoms with Gasteiger partial charge in [-0.25, -0.2) is 44.9 Å². The highest BCUT2D eigenvalue weighted by Crippen LogP contribution is 2.40. The Morgan fingerprint density at radius 1 is 0.181 bits per heavy atom. The highest BCUT2D eigenvalue weighted by atomic mass is 15.1. The van der Waals surface area contributed by atoms with Gasteiger partial charge in [-0.1, -0.05) is 327 Å². The molecule has 18 aromatic carbocycles. The maximum absolute atomic E-state index is 4.99. The first-order chi connectivity index (χ1) is 67.9. The quantitative estimate of drug-likeness (QED) is 0.147. The van der Waals surface area contributed by atoms with Gasteiger partial charge in [0.05, 0.1) is 82.9 Å².